The summed E-state index contributed by atoms with van der Waals surface area (Å²) >= 11 is 8.65. The zero-order chi connectivity index (χ0) is 14.1. The molecule has 3 aromatic rings. The van der Waals surface area contributed by atoms with Crippen molar-refractivity contribution >= 4 is 66.3 Å². The van der Waals surface area contributed by atoms with Gasteiger partial charge in [0.05, 0.1) is 7.57 Å². The molecule has 2 heterocycles. The lowest BCUT2D eigenvalue weighted by molar-refractivity contribution is 0.480. The van der Waals surface area contributed by atoms with Crippen LogP contribution in [0.2, 0.25) is 0 Å². The van der Waals surface area contributed by atoms with Crippen LogP contribution < -0.4 is 0 Å². The van der Waals surface area contributed by atoms with E-state index in [4.69, 9.17) is 0 Å². The first kappa shape index (κ1) is 13.8. The third-order valence-corrected chi connectivity index (χ3v) is 5.29. The van der Waals surface area contributed by atoms with Crippen molar-refractivity contribution in [1.82, 2.24) is 4.98 Å². The highest BCUT2D eigenvalue weighted by Crippen LogP contribution is 2.33. The van der Waals surface area contributed by atoms with Gasteiger partial charge in [-0.15, -0.1) is 11.3 Å². The van der Waals surface area contributed by atoms with Crippen LogP contribution in [-0.4, -0.2) is 10.1 Å². The predicted molar refractivity (Wildman–Crippen MR) is 92.1 cm³/mol. The quantitative estimate of drug-likeness (QED) is 0.587. The number of halogens is 2. The number of aromatic hydroxyl groups is 1. The standard InChI is InChI=1S/C15H9Br2NOS/c16-13-8-10(15(17)20-13)4-3-9-5-6-12(19)14-11(9)2-1-7-18-14/h1-8,19H. The highest BCUT2D eigenvalue weighted by atomic mass is 79.9. The molecule has 2 nitrogen and oxygen atoms in total. The largest absolute Gasteiger partial charge is 0.506 e. The molecule has 1 N–H and O–H groups in total. The van der Waals surface area contributed by atoms with Crippen LogP contribution in [0.15, 0.2) is 44.1 Å². The topological polar surface area (TPSA) is 33.1 Å². The van der Waals surface area contributed by atoms with Gasteiger partial charge in [-0.1, -0.05) is 24.3 Å². The molecule has 0 saturated heterocycles. The molecule has 5 heteroatoms. The molecule has 0 unspecified atom stereocenters. The van der Waals surface area contributed by atoms with Gasteiger partial charge in [-0.2, -0.15) is 0 Å². The minimum absolute atomic E-state index is 0.206. The van der Waals surface area contributed by atoms with E-state index in [1.165, 1.54) is 0 Å². The third-order valence-electron chi connectivity index (χ3n) is 2.91. The second-order valence-electron chi connectivity index (χ2n) is 4.19. The van der Waals surface area contributed by atoms with Crippen LogP contribution in [0.1, 0.15) is 11.1 Å². The first-order valence-corrected chi connectivity index (χ1v) is 8.25. The number of phenols is 1. The molecule has 100 valence electrons. The molecule has 0 radical (unpaired) electrons. The van der Waals surface area contributed by atoms with Gasteiger partial charge in [0.2, 0.25) is 0 Å². The Hall–Kier alpha value is -1.17. The van der Waals surface area contributed by atoms with Crippen molar-refractivity contribution in [2.75, 3.05) is 0 Å². The van der Waals surface area contributed by atoms with Gasteiger partial charge in [-0.3, -0.25) is 4.98 Å². The van der Waals surface area contributed by atoms with Crippen molar-refractivity contribution in [3.05, 3.63) is 55.2 Å². The van der Waals surface area contributed by atoms with Crippen molar-refractivity contribution in [3.63, 3.8) is 0 Å². The minimum atomic E-state index is 0.206. The Morgan fingerprint density at radius 3 is 2.65 bits per heavy atom. The molecule has 2 aromatic heterocycles. The highest BCUT2D eigenvalue weighted by molar-refractivity contribution is 9.12. The summed E-state index contributed by atoms with van der Waals surface area (Å²) in [6, 6.07) is 9.46. The fourth-order valence-electron chi connectivity index (χ4n) is 1.97. The van der Waals surface area contributed by atoms with Crippen molar-refractivity contribution in [2.45, 2.75) is 0 Å². The third kappa shape index (κ3) is 2.66. The van der Waals surface area contributed by atoms with Crippen LogP contribution in [0.3, 0.4) is 0 Å². The average molecular weight is 411 g/mol. The normalized spacial score (nSPS) is 11.5. The van der Waals surface area contributed by atoms with Crippen molar-refractivity contribution in [1.29, 1.82) is 0 Å². The van der Waals surface area contributed by atoms with E-state index in [1.807, 2.05) is 30.4 Å². The first-order valence-electron chi connectivity index (χ1n) is 5.85. The maximum atomic E-state index is 9.83. The van der Waals surface area contributed by atoms with E-state index < -0.39 is 0 Å². The minimum Gasteiger partial charge on any atom is -0.506 e. The van der Waals surface area contributed by atoms with Gasteiger partial charge in [0.15, 0.2) is 0 Å². The maximum Gasteiger partial charge on any atom is 0.141 e. The fraction of sp³-hybridized carbons (Fsp3) is 0. The Bertz CT molecular complexity index is 811. The lowest BCUT2D eigenvalue weighted by Crippen LogP contribution is -1.82. The summed E-state index contributed by atoms with van der Waals surface area (Å²) in [7, 11) is 0. The molecular formula is C15H9Br2NOS. The molecule has 0 fully saturated rings. The van der Waals surface area contributed by atoms with Gasteiger partial charge in [-0.25, -0.2) is 0 Å². The molecule has 0 aliphatic rings. The molecule has 0 amide bonds. The van der Waals surface area contributed by atoms with Crippen LogP contribution in [0.4, 0.5) is 0 Å². The number of aromatic nitrogens is 1. The molecule has 0 aliphatic heterocycles. The molecule has 1 aromatic carbocycles. The number of rotatable bonds is 2. The van der Waals surface area contributed by atoms with Crippen LogP contribution in [0, 0.1) is 0 Å². The van der Waals surface area contributed by atoms with Gasteiger partial charge < -0.3 is 5.11 Å². The van der Waals surface area contributed by atoms with E-state index in [0.29, 0.717) is 5.52 Å². The number of thiophene rings is 1. The number of hydrogen-bond acceptors (Lipinski definition) is 3. The summed E-state index contributed by atoms with van der Waals surface area (Å²) in [5.74, 6) is 0.206. The predicted octanol–water partition coefficient (Wildman–Crippen LogP) is 5.70. The number of benzene rings is 1. The van der Waals surface area contributed by atoms with Gasteiger partial charge in [0.1, 0.15) is 11.3 Å². The van der Waals surface area contributed by atoms with Crippen LogP contribution in [0.5, 0.6) is 5.75 Å². The average Bonchev–Trinajstić information content (AvgIpc) is 2.77. The van der Waals surface area contributed by atoms with Crippen LogP contribution >= 0.6 is 43.2 Å². The van der Waals surface area contributed by atoms with Gasteiger partial charge in [-0.05, 0) is 55.6 Å². The molecule has 0 bridgehead atoms. The van der Waals surface area contributed by atoms with Crippen molar-refractivity contribution in [2.24, 2.45) is 0 Å². The highest BCUT2D eigenvalue weighted by Gasteiger charge is 2.05. The Kier molecular flexibility index (Phi) is 3.92. The molecule has 0 saturated carbocycles. The van der Waals surface area contributed by atoms with Crippen LogP contribution in [-0.2, 0) is 0 Å². The molecule has 0 spiro atoms. The molecule has 3 rings (SSSR count). The summed E-state index contributed by atoms with van der Waals surface area (Å²) < 4.78 is 2.17. The van der Waals surface area contributed by atoms with Gasteiger partial charge in [0, 0.05) is 17.1 Å². The van der Waals surface area contributed by atoms with E-state index in [2.05, 4.69) is 42.9 Å². The molecule has 20 heavy (non-hydrogen) atoms. The molecular weight excluding hydrogens is 402 g/mol. The molecule has 0 aliphatic carbocycles. The van der Waals surface area contributed by atoms with E-state index in [-0.39, 0.29) is 5.75 Å². The summed E-state index contributed by atoms with van der Waals surface area (Å²) in [5, 5.41) is 10.8. The number of phenolic OH excluding ortho intramolecular Hbond substituents is 1. The smallest absolute Gasteiger partial charge is 0.141 e. The van der Waals surface area contributed by atoms with E-state index in [0.717, 1.165) is 24.1 Å². The van der Waals surface area contributed by atoms with Crippen molar-refractivity contribution < 1.29 is 5.11 Å². The summed E-state index contributed by atoms with van der Waals surface area (Å²) in [6.07, 6.45) is 5.76. The fourth-order valence-corrected chi connectivity index (χ4v) is 4.73. The van der Waals surface area contributed by atoms with Crippen molar-refractivity contribution in [3.8, 4) is 5.75 Å². The number of hydrogen-bond donors (Lipinski definition) is 1. The van der Waals surface area contributed by atoms with Gasteiger partial charge >= 0.3 is 0 Å². The zero-order valence-electron chi connectivity index (χ0n) is 10.2. The van der Waals surface area contributed by atoms with Gasteiger partial charge in [0.25, 0.3) is 0 Å². The van der Waals surface area contributed by atoms with E-state index in [9.17, 15) is 5.11 Å². The summed E-state index contributed by atoms with van der Waals surface area (Å²) in [6.45, 7) is 0. The summed E-state index contributed by atoms with van der Waals surface area (Å²) in [5.41, 5.74) is 2.77. The molecule has 0 atom stereocenters. The Labute approximate surface area is 137 Å². The monoisotopic (exact) mass is 409 g/mol. The summed E-state index contributed by atoms with van der Waals surface area (Å²) in [4.78, 5) is 4.22. The van der Waals surface area contributed by atoms with Crippen LogP contribution in [0.25, 0.3) is 23.1 Å². The Morgan fingerprint density at radius 1 is 1.10 bits per heavy atom. The zero-order valence-corrected chi connectivity index (χ0v) is 14.2. The Morgan fingerprint density at radius 2 is 1.90 bits per heavy atom. The number of fused-ring (bicyclic) bond motifs is 1. The number of pyridine rings is 1. The first-order chi connectivity index (χ1) is 9.65. The Balaban J connectivity index is 2.07. The second-order valence-corrected chi connectivity index (χ2v) is 7.94. The lowest BCUT2D eigenvalue weighted by atomic mass is 10.1. The number of nitrogens with zero attached hydrogens (tertiary/aromatic N) is 1. The van der Waals surface area contributed by atoms with E-state index in [1.54, 1.807) is 23.6 Å². The maximum absolute atomic E-state index is 9.83. The SMILES string of the molecule is Oc1ccc(C=Cc2cc(Br)sc2Br)c2cccnc12. The lowest BCUT2D eigenvalue weighted by Gasteiger charge is -2.03. The second kappa shape index (κ2) is 5.68. The van der Waals surface area contributed by atoms with E-state index >= 15 is 0 Å².